The number of aryl methyl sites for hydroxylation is 1. The first kappa shape index (κ1) is 17.5. The highest BCUT2D eigenvalue weighted by Crippen LogP contribution is 2.19. The average Bonchev–Trinajstić information content (AvgIpc) is 2.77. The molecule has 1 fully saturated rings. The van der Waals surface area contributed by atoms with E-state index in [1.54, 1.807) is 19.1 Å². The lowest BCUT2D eigenvalue weighted by Gasteiger charge is -2.23. The lowest BCUT2D eigenvalue weighted by Crippen LogP contribution is -2.37. The molecule has 1 aliphatic rings. The molecule has 0 spiro atoms. The predicted molar refractivity (Wildman–Crippen MR) is 95.3 cm³/mol. The van der Waals surface area contributed by atoms with Crippen LogP contribution in [0.2, 0.25) is 0 Å². The Morgan fingerprint density at radius 1 is 1.16 bits per heavy atom. The van der Waals surface area contributed by atoms with Crippen molar-refractivity contribution < 1.29 is 14.0 Å². The Hall–Kier alpha value is -2.37. The molecule has 6 nitrogen and oxygen atoms in total. The molecule has 2 heterocycles. The summed E-state index contributed by atoms with van der Waals surface area (Å²) in [5.74, 6) is 1.11. The molecule has 0 radical (unpaired) electrons. The molecule has 0 aliphatic carbocycles. The van der Waals surface area contributed by atoms with Gasteiger partial charge in [-0.3, -0.25) is 9.59 Å². The smallest absolute Gasteiger partial charge is 0.254 e. The first-order chi connectivity index (χ1) is 11.9. The quantitative estimate of drug-likeness (QED) is 0.859. The molecule has 2 aromatic rings. The molecule has 1 saturated heterocycles. The van der Waals surface area contributed by atoms with E-state index in [2.05, 4.69) is 4.98 Å². The molecular formula is C19H25N3O3. The van der Waals surface area contributed by atoms with Crippen molar-refractivity contribution in [2.24, 2.45) is 5.92 Å². The van der Waals surface area contributed by atoms with Crippen LogP contribution in [-0.4, -0.2) is 52.8 Å². The van der Waals surface area contributed by atoms with Gasteiger partial charge in [0.05, 0.1) is 0 Å². The summed E-state index contributed by atoms with van der Waals surface area (Å²) in [7, 11) is 0. The fourth-order valence-electron chi connectivity index (χ4n) is 3.20. The van der Waals surface area contributed by atoms with Crippen molar-refractivity contribution in [1.82, 2.24) is 14.8 Å². The molecule has 1 aromatic heterocycles. The number of hydrogen-bond donors (Lipinski definition) is 0. The number of amides is 2. The zero-order chi connectivity index (χ0) is 18.0. The number of carbonyl (C=O) groups is 2. The van der Waals surface area contributed by atoms with Crippen LogP contribution in [0.25, 0.3) is 11.1 Å². The number of carbonyl (C=O) groups excluding carboxylic acids is 2. The number of rotatable bonds is 3. The Morgan fingerprint density at radius 3 is 2.64 bits per heavy atom. The van der Waals surface area contributed by atoms with E-state index in [4.69, 9.17) is 4.42 Å². The van der Waals surface area contributed by atoms with Crippen LogP contribution in [0.5, 0.6) is 0 Å². The second kappa shape index (κ2) is 7.25. The van der Waals surface area contributed by atoms with Crippen molar-refractivity contribution in [3.05, 3.63) is 29.7 Å². The Kier molecular flexibility index (Phi) is 5.06. The molecule has 3 rings (SSSR count). The zero-order valence-corrected chi connectivity index (χ0v) is 15.1. The Balaban J connectivity index is 1.68. The van der Waals surface area contributed by atoms with Crippen molar-refractivity contribution in [2.45, 2.75) is 33.6 Å². The summed E-state index contributed by atoms with van der Waals surface area (Å²) in [5, 5.41) is 0. The summed E-state index contributed by atoms with van der Waals surface area (Å²) < 4.78 is 5.52. The Labute approximate surface area is 147 Å². The van der Waals surface area contributed by atoms with Gasteiger partial charge >= 0.3 is 0 Å². The number of aromatic nitrogens is 1. The number of nitrogens with zero attached hydrogens (tertiary/aromatic N) is 3. The van der Waals surface area contributed by atoms with Gasteiger partial charge in [0.1, 0.15) is 5.52 Å². The van der Waals surface area contributed by atoms with E-state index >= 15 is 0 Å². The minimum Gasteiger partial charge on any atom is -0.441 e. The van der Waals surface area contributed by atoms with E-state index in [9.17, 15) is 9.59 Å². The van der Waals surface area contributed by atoms with E-state index in [-0.39, 0.29) is 11.8 Å². The summed E-state index contributed by atoms with van der Waals surface area (Å²) in [6.07, 6.45) is 1.37. The fraction of sp³-hybridized carbons (Fsp3) is 0.526. The second-order valence-electron chi connectivity index (χ2n) is 7.04. The summed E-state index contributed by atoms with van der Waals surface area (Å²) >= 11 is 0. The van der Waals surface area contributed by atoms with E-state index in [1.807, 2.05) is 29.7 Å². The largest absolute Gasteiger partial charge is 0.441 e. The zero-order valence-electron chi connectivity index (χ0n) is 15.1. The normalized spacial score (nSPS) is 15.7. The van der Waals surface area contributed by atoms with Crippen molar-refractivity contribution in [3.63, 3.8) is 0 Å². The maximum Gasteiger partial charge on any atom is 0.254 e. The van der Waals surface area contributed by atoms with Gasteiger partial charge in [-0.1, -0.05) is 13.8 Å². The van der Waals surface area contributed by atoms with E-state index in [0.29, 0.717) is 49.0 Å². The summed E-state index contributed by atoms with van der Waals surface area (Å²) in [6.45, 7) is 8.43. The lowest BCUT2D eigenvalue weighted by molar-refractivity contribution is -0.131. The van der Waals surface area contributed by atoms with Crippen molar-refractivity contribution >= 4 is 22.9 Å². The van der Waals surface area contributed by atoms with Crippen molar-refractivity contribution in [1.29, 1.82) is 0 Å². The average molecular weight is 343 g/mol. The molecule has 25 heavy (non-hydrogen) atoms. The molecule has 0 atom stereocenters. The van der Waals surface area contributed by atoms with Gasteiger partial charge in [0.15, 0.2) is 11.5 Å². The van der Waals surface area contributed by atoms with Gasteiger partial charge < -0.3 is 14.2 Å². The van der Waals surface area contributed by atoms with Gasteiger partial charge in [0.25, 0.3) is 5.91 Å². The van der Waals surface area contributed by atoms with Gasteiger partial charge in [0.2, 0.25) is 5.91 Å². The van der Waals surface area contributed by atoms with Crippen molar-refractivity contribution in [3.8, 4) is 0 Å². The number of fused-ring (bicyclic) bond motifs is 1. The van der Waals surface area contributed by atoms with Gasteiger partial charge in [-0.05, 0) is 30.5 Å². The van der Waals surface area contributed by atoms with Crippen molar-refractivity contribution in [2.75, 3.05) is 26.2 Å². The van der Waals surface area contributed by atoms with E-state index in [1.165, 1.54) is 0 Å². The molecule has 134 valence electrons. The lowest BCUT2D eigenvalue weighted by atomic mass is 10.1. The van der Waals surface area contributed by atoms with Crippen LogP contribution in [0.15, 0.2) is 22.6 Å². The topological polar surface area (TPSA) is 66.7 Å². The molecule has 6 heteroatoms. The summed E-state index contributed by atoms with van der Waals surface area (Å²) in [6, 6.07) is 5.36. The summed E-state index contributed by atoms with van der Waals surface area (Å²) in [5.41, 5.74) is 1.99. The molecule has 2 amide bonds. The first-order valence-electron chi connectivity index (χ1n) is 8.88. The van der Waals surface area contributed by atoms with E-state index in [0.717, 1.165) is 18.5 Å². The third-order valence-electron chi connectivity index (χ3n) is 4.46. The van der Waals surface area contributed by atoms with Crippen LogP contribution in [0.1, 0.15) is 42.9 Å². The predicted octanol–water partition coefficient (Wildman–Crippen LogP) is 2.86. The molecule has 1 aromatic carbocycles. The van der Waals surface area contributed by atoms with Crippen LogP contribution in [0.3, 0.4) is 0 Å². The molecule has 0 saturated carbocycles. The van der Waals surface area contributed by atoms with Crippen LogP contribution in [0, 0.1) is 12.8 Å². The maximum absolute atomic E-state index is 12.8. The third kappa shape index (κ3) is 4.00. The highest BCUT2D eigenvalue weighted by molar-refractivity contribution is 5.97. The number of hydrogen-bond acceptors (Lipinski definition) is 4. The van der Waals surface area contributed by atoms with Crippen LogP contribution in [0.4, 0.5) is 0 Å². The van der Waals surface area contributed by atoms with Gasteiger partial charge in [-0.2, -0.15) is 0 Å². The van der Waals surface area contributed by atoms with Crippen LogP contribution >= 0.6 is 0 Å². The van der Waals surface area contributed by atoms with Crippen LogP contribution < -0.4 is 0 Å². The Bertz CT molecular complexity index is 781. The standard InChI is InChI=1S/C19H25N3O3/c1-13(2)11-18(23)21-7-4-8-22(10-9-21)19(24)15-5-6-16-17(12-15)25-14(3)20-16/h5-6,12-13H,4,7-11H2,1-3H3. The first-order valence-corrected chi connectivity index (χ1v) is 8.88. The SMILES string of the molecule is Cc1nc2ccc(C(=O)N3CCCN(C(=O)CC(C)C)CC3)cc2o1. The maximum atomic E-state index is 12.8. The van der Waals surface area contributed by atoms with E-state index < -0.39 is 0 Å². The monoisotopic (exact) mass is 343 g/mol. The molecule has 0 unspecified atom stereocenters. The molecule has 0 bridgehead atoms. The molecular weight excluding hydrogens is 318 g/mol. The van der Waals surface area contributed by atoms with Crippen LogP contribution in [-0.2, 0) is 4.79 Å². The van der Waals surface area contributed by atoms with Gasteiger partial charge in [-0.15, -0.1) is 0 Å². The minimum atomic E-state index is -0.0193. The highest BCUT2D eigenvalue weighted by atomic mass is 16.3. The summed E-state index contributed by atoms with van der Waals surface area (Å²) in [4.78, 5) is 33.0. The number of oxazole rings is 1. The van der Waals surface area contributed by atoms with Gasteiger partial charge in [-0.25, -0.2) is 4.98 Å². The fourth-order valence-corrected chi connectivity index (χ4v) is 3.20. The Morgan fingerprint density at radius 2 is 1.88 bits per heavy atom. The highest BCUT2D eigenvalue weighted by Gasteiger charge is 2.23. The van der Waals surface area contributed by atoms with Gasteiger partial charge in [0, 0.05) is 45.1 Å². The number of benzene rings is 1. The third-order valence-corrected chi connectivity index (χ3v) is 4.46. The molecule has 1 aliphatic heterocycles. The minimum absolute atomic E-state index is 0.0193. The molecule has 0 N–H and O–H groups in total. The second-order valence-corrected chi connectivity index (χ2v) is 7.04.